The van der Waals surface area contributed by atoms with E-state index in [9.17, 15) is 14.7 Å². The predicted octanol–water partition coefficient (Wildman–Crippen LogP) is 3.22. The van der Waals surface area contributed by atoms with Crippen LogP contribution in [0.2, 0.25) is 0 Å². The molecule has 1 amide bonds. The number of hydrogen-bond donors (Lipinski definition) is 1. The van der Waals surface area contributed by atoms with Crippen LogP contribution in [0.15, 0.2) is 28.7 Å². The van der Waals surface area contributed by atoms with Gasteiger partial charge in [-0.05, 0) is 38.5 Å². The Kier molecular flexibility index (Phi) is 3.91. The summed E-state index contributed by atoms with van der Waals surface area (Å²) in [5.74, 6) is -1.71. The summed E-state index contributed by atoms with van der Waals surface area (Å²) in [6, 6.07) is 7.09. The zero-order valence-corrected chi connectivity index (χ0v) is 13.3. The van der Waals surface area contributed by atoms with Crippen LogP contribution in [0.4, 0.5) is 0 Å². The van der Waals surface area contributed by atoms with Gasteiger partial charge in [0.1, 0.15) is 0 Å². The number of rotatable bonds is 2. The van der Waals surface area contributed by atoms with E-state index in [1.165, 1.54) is 0 Å². The van der Waals surface area contributed by atoms with Gasteiger partial charge in [-0.3, -0.25) is 9.59 Å². The second-order valence-corrected chi connectivity index (χ2v) is 7.00. The van der Waals surface area contributed by atoms with Gasteiger partial charge >= 0.3 is 5.97 Å². The molecule has 0 saturated carbocycles. The fourth-order valence-corrected chi connectivity index (χ4v) is 3.05. The van der Waals surface area contributed by atoms with Crippen molar-refractivity contribution in [1.82, 2.24) is 4.90 Å². The third kappa shape index (κ3) is 2.73. The number of aliphatic carboxylic acids is 1. The summed E-state index contributed by atoms with van der Waals surface area (Å²) in [7, 11) is 0. The molecule has 1 fully saturated rings. The van der Waals surface area contributed by atoms with Crippen molar-refractivity contribution in [2.75, 3.05) is 0 Å². The van der Waals surface area contributed by atoms with E-state index in [1.807, 2.05) is 45.0 Å². The molecule has 0 bridgehead atoms. The van der Waals surface area contributed by atoms with Crippen molar-refractivity contribution in [3.63, 3.8) is 0 Å². The van der Waals surface area contributed by atoms with Crippen LogP contribution >= 0.6 is 15.9 Å². The summed E-state index contributed by atoms with van der Waals surface area (Å²) in [6.07, 6.45) is 0.0628. The number of nitrogens with zero attached hydrogens (tertiary/aromatic N) is 1. The van der Waals surface area contributed by atoms with Gasteiger partial charge in [0.05, 0.1) is 12.0 Å². The summed E-state index contributed by atoms with van der Waals surface area (Å²) < 4.78 is 0.930. The molecule has 0 radical (unpaired) electrons. The summed E-state index contributed by atoms with van der Waals surface area (Å²) >= 11 is 3.37. The van der Waals surface area contributed by atoms with E-state index >= 15 is 0 Å². The summed E-state index contributed by atoms with van der Waals surface area (Å²) in [5, 5.41) is 9.41. The van der Waals surface area contributed by atoms with E-state index < -0.39 is 23.5 Å². The summed E-state index contributed by atoms with van der Waals surface area (Å²) in [4.78, 5) is 25.4. The average molecular weight is 340 g/mol. The van der Waals surface area contributed by atoms with Gasteiger partial charge in [-0.1, -0.05) is 28.1 Å². The van der Waals surface area contributed by atoms with E-state index in [-0.39, 0.29) is 12.3 Å². The van der Waals surface area contributed by atoms with Gasteiger partial charge in [-0.15, -0.1) is 0 Å². The monoisotopic (exact) mass is 339 g/mol. The number of carbonyl (C=O) groups is 2. The molecule has 2 unspecified atom stereocenters. The van der Waals surface area contributed by atoms with E-state index in [0.717, 1.165) is 10.0 Å². The van der Waals surface area contributed by atoms with Crippen molar-refractivity contribution in [3.8, 4) is 0 Å². The Labute approximate surface area is 126 Å². The van der Waals surface area contributed by atoms with Crippen LogP contribution < -0.4 is 0 Å². The molecule has 5 heteroatoms. The molecule has 2 rings (SSSR count). The van der Waals surface area contributed by atoms with Crippen LogP contribution in [-0.2, 0) is 9.59 Å². The van der Waals surface area contributed by atoms with Crippen LogP contribution in [0.25, 0.3) is 0 Å². The average Bonchev–Trinajstić information content (AvgIpc) is 2.67. The fourth-order valence-electron chi connectivity index (χ4n) is 2.79. The first-order valence-corrected chi connectivity index (χ1v) is 7.31. The number of carboxylic acids is 1. The number of hydrogen-bond acceptors (Lipinski definition) is 2. The lowest BCUT2D eigenvalue weighted by atomic mass is 9.92. The lowest BCUT2D eigenvalue weighted by molar-refractivity contribution is -0.142. The molecule has 0 aromatic heterocycles. The Morgan fingerprint density at radius 3 is 2.30 bits per heavy atom. The molecule has 1 heterocycles. The number of amides is 1. The highest BCUT2D eigenvalue weighted by Crippen LogP contribution is 2.42. The Morgan fingerprint density at radius 1 is 1.30 bits per heavy atom. The molecular weight excluding hydrogens is 322 g/mol. The maximum absolute atomic E-state index is 12.2. The van der Waals surface area contributed by atoms with Crippen LogP contribution in [0.1, 0.15) is 38.8 Å². The van der Waals surface area contributed by atoms with E-state index in [2.05, 4.69) is 15.9 Å². The third-order valence-electron chi connectivity index (χ3n) is 3.57. The quantitative estimate of drug-likeness (QED) is 0.899. The Bertz CT molecular complexity index is 533. The maximum Gasteiger partial charge on any atom is 0.309 e. The third-order valence-corrected chi connectivity index (χ3v) is 4.10. The lowest BCUT2D eigenvalue weighted by Gasteiger charge is -2.38. The predicted molar refractivity (Wildman–Crippen MR) is 79.2 cm³/mol. The van der Waals surface area contributed by atoms with E-state index in [0.29, 0.717) is 0 Å². The molecule has 1 aromatic rings. The van der Waals surface area contributed by atoms with Crippen molar-refractivity contribution in [2.45, 2.75) is 38.8 Å². The van der Waals surface area contributed by atoms with E-state index in [4.69, 9.17) is 0 Å². The van der Waals surface area contributed by atoms with Gasteiger partial charge in [0, 0.05) is 16.4 Å². The first-order chi connectivity index (χ1) is 9.21. The molecule has 0 aliphatic carbocycles. The molecule has 1 saturated heterocycles. The van der Waals surface area contributed by atoms with Gasteiger partial charge in [0.2, 0.25) is 5.91 Å². The van der Waals surface area contributed by atoms with E-state index in [1.54, 1.807) is 4.90 Å². The minimum Gasteiger partial charge on any atom is -0.481 e. The van der Waals surface area contributed by atoms with Gasteiger partial charge in [-0.2, -0.15) is 0 Å². The lowest BCUT2D eigenvalue weighted by Crippen LogP contribution is -2.44. The van der Waals surface area contributed by atoms with Crippen molar-refractivity contribution in [2.24, 2.45) is 5.92 Å². The van der Waals surface area contributed by atoms with Gasteiger partial charge in [-0.25, -0.2) is 0 Å². The smallest absolute Gasteiger partial charge is 0.309 e. The minimum absolute atomic E-state index is 0.0628. The molecule has 1 aromatic carbocycles. The van der Waals surface area contributed by atoms with Gasteiger partial charge in [0.25, 0.3) is 0 Å². The first kappa shape index (κ1) is 15.0. The molecule has 0 spiro atoms. The zero-order valence-electron chi connectivity index (χ0n) is 11.8. The SMILES string of the molecule is CC(C)(C)N1C(=O)CC(C(=O)O)C1c1ccc(Br)cc1. The second-order valence-electron chi connectivity index (χ2n) is 6.08. The highest BCUT2D eigenvalue weighted by Gasteiger charge is 2.48. The van der Waals surface area contributed by atoms with Crippen molar-refractivity contribution in [3.05, 3.63) is 34.3 Å². The molecule has 4 nitrogen and oxygen atoms in total. The summed E-state index contributed by atoms with van der Waals surface area (Å²) in [5.41, 5.74) is 0.459. The number of likely N-dealkylation sites (tertiary alicyclic amines) is 1. The number of carboxylic acid groups (broad SMARTS) is 1. The van der Waals surface area contributed by atoms with Crippen molar-refractivity contribution >= 4 is 27.8 Å². The molecule has 20 heavy (non-hydrogen) atoms. The van der Waals surface area contributed by atoms with Gasteiger partial charge in [0.15, 0.2) is 0 Å². The number of benzene rings is 1. The Morgan fingerprint density at radius 2 is 1.85 bits per heavy atom. The fraction of sp³-hybridized carbons (Fsp3) is 0.467. The van der Waals surface area contributed by atoms with Crippen LogP contribution in [0.5, 0.6) is 0 Å². The normalized spacial score (nSPS) is 23.2. The number of halogens is 1. The molecule has 1 aliphatic heterocycles. The largest absolute Gasteiger partial charge is 0.481 e. The molecule has 1 aliphatic rings. The second kappa shape index (κ2) is 5.20. The highest BCUT2D eigenvalue weighted by atomic mass is 79.9. The topological polar surface area (TPSA) is 57.6 Å². The molecule has 2 atom stereocenters. The summed E-state index contributed by atoms with van der Waals surface area (Å²) in [6.45, 7) is 5.79. The molecular formula is C15H18BrNO3. The van der Waals surface area contributed by atoms with Crippen molar-refractivity contribution in [1.29, 1.82) is 0 Å². The number of carbonyl (C=O) groups excluding carboxylic acids is 1. The minimum atomic E-state index is -0.919. The van der Waals surface area contributed by atoms with Crippen LogP contribution in [-0.4, -0.2) is 27.4 Å². The van der Waals surface area contributed by atoms with Crippen LogP contribution in [0.3, 0.4) is 0 Å². The Balaban J connectivity index is 2.49. The zero-order chi connectivity index (χ0) is 15.1. The molecule has 1 N–H and O–H groups in total. The Hall–Kier alpha value is -1.36. The van der Waals surface area contributed by atoms with Crippen LogP contribution in [0, 0.1) is 5.92 Å². The standard InChI is InChI=1S/C15H18BrNO3/c1-15(2,3)17-12(18)8-11(14(19)20)13(17)9-4-6-10(16)7-5-9/h4-7,11,13H,8H2,1-3H3,(H,19,20). The van der Waals surface area contributed by atoms with Crippen molar-refractivity contribution < 1.29 is 14.7 Å². The first-order valence-electron chi connectivity index (χ1n) is 6.52. The maximum atomic E-state index is 12.2. The molecule has 108 valence electrons. The highest BCUT2D eigenvalue weighted by molar-refractivity contribution is 9.10. The van der Waals surface area contributed by atoms with Gasteiger partial charge < -0.3 is 10.0 Å².